The Morgan fingerprint density at radius 3 is 2.36 bits per heavy atom. The summed E-state index contributed by atoms with van der Waals surface area (Å²) in [6.45, 7) is 6.18. The van der Waals surface area contributed by atoms with Gasteiger partial charge in [0, 0.05) is 0 Å². The molecular weight excluding hydrogens is 185 g/mol. The van der Waals surface area contributed by atoms with Crippen LogP contribution in [0.3, 0.4) is 0 Å². The van der Waals surface area contributed by atoms with Crippen molar-refractivity contribution in [3.8, 4) is 0 Å². The summed E-state index contributed by atoms with van der Waals surface area (Å²) in [7, 11) is 3.86. The van der Waals surface area contributed by atoms with Crippen LogP contribution in [0.25, 0.3) is 0 Å². The maximum atomic E-state index is 5.77. The second-order valence-corrected chi connectivity index (χ2v) is 3.55. The van der Waals surface area contributed by atoms with Crippen molar-refractivity contribution in [3.05, 3.63) is 12.8 Å². The number of nitrogens with zero attached hydrogens (tertiary/aromatic N) is 1. The average Bonchev–Trinajstić information content (AvgIpc) is 1.59. The summed E-state index contributed by atoms with van der Waals surface area (Å²) in [6, 6.07) is 0. The lowest BCUT2D eigenvalue weighted by atomic mass is 10.4. The van der Waals surface area contributed by atoms with Gasteiger partial charge in [0.15, 0.2) is 0 Å². The van der Waals surface area contributed by atoms with Gasteiger partial charge in [-0.3, -0.25) is 0 Å². The Hall–Kier alpha value is 0.0800. The van der Waals surface area contributed by atoms with Crippen molar-refractivity contribution in [1.29, 1.82) is 0 Å². The molecule has 11 heavy (non-hydrogen) atoms. The van der Waals surface area contributed by atoms with Crippen LogP contribution in [-0.4, -0.2) is 30.7 Å². The lowest BCUT2D eigenvalue weighted by Crippen LogP contribution is -3.00. The van der Waals surface area contributed by atoms with Crippen LogP contribution >= 0.6 is 11.6 Å². The van der Waals surface area contributed by atoms with E-state index in [0.29, 0.717) is 4.65 Å². The van der Waals surface area contributed by atoms with Crippen molar-refractivity contribution in [2.24, 2.45) is 0 Å². The van der Waals surface area contributed by atoms with Gasteiger partial charge >= 0.3 is 0 Å². The highest BCUT2D eigenvalue weighted by molar-refractivity contribution is 6.20. The minimum absolute atomic E-state index is 0. The number of quaternary nitrogens is 1. The van der Waals surface area contributed by atoms with E-state index in [1.807, 2.05) is 21.0 Å². The highest BCUT2D eigenvalue weighted by Crippen LogP contribution is 2.05. The van der Waals surface area contributed by atoms with E-state index >= 15 is 0 Å². The molecule has 68 valence electrons. The molecular formula is C7H15Cl2NO. The maximum absolute atomic E-state index is 5.77. The Labute approximate surface area is 79.7 Å². The summed E-state index contributed by atoms with van der Waals surface area (Å²) in [5.74, 6) is 0. The summed E-state index contributed by atoms with van der Waals surface area (Å²) in [4.78, 5) is 5.16. The quantitative estimate of drug-likeness (QED) is 0.239. The molecule has 0 radical (unpaired) electrons. The van der Waals surface area contributed by atoms with Crippen LogP contribution in [0.1, 0.15) is 6.92 Å². The number of alkyl halides is 1. The molecule has 2 nitrogen and oxygen atoms in total. The van der Waals surface area contributed by atoms with E-state index in [-0.39, 0.29) is 17.8 Å². The molecule has 0 aliphatic carbocycles. The maximum Gasteiger partial charge on any atom is 0.147 e. The third kappa shape index (κ3) is 7.98. The zero-order valence-electron chi connectivity index (χ0n) is 7.18. The first kappa shape index (κ1) is 13.7. The molecule has 0 heterocycles. The Bertz CT molecular complexity index is 115. The summed E-state index contributed by atoms with van der Waals surface area (Å²) in [6.07, 6.45) is 1.43. The molecule has 0 aliphatic rings. The van der Waals surface area contributed by atoms with Gasteiger partial charge in [-0.2, -0.15) is 0 Å². The Morgan fingerprint density at radius 1 is 1.64 bits per heavy atom. The van der Waals surface area contributed by atoms with Gasteiger partial charge in [-0.05, 0) is 6.92 Å². The fourth-order valence-corrected chi connectivity index (χ4v) is 1.18. The standard InChI is InChI=1S/C7H15ClNO.ClH/c1-5-10-9(3,4)6-7(2)8;/h5,7H,1,6H2,2-4H3;1H/q+1;/p-1. The fraction of sp³-hybridized carbons (Fsp3) is 0.714. The van der Waals surface area contributed by atoms with Gasteiger partial charge in [0.1, 0.15) is 26.9 Å². The third-order valence-corrected chi connectivity index (χ3v) is 1.19. The number of hydrogen-bond acceptors (Lipinski definition) is 1. The monoisotopic (exact) mass is 199 g/mol. The zero-order chi connectivity index (χ0) is 8.20. The van der Waals surface area contributed by atoms with Crippen molar-refractivity contribution < 1.29 is 21.9 Å². The van der Waals surface area contributed by atoms with Gasteiger partial charge in [0.25, 0.3) is 0 Å². The number of hydroxylamine groups is 3. The first-order valence-electron chi connectivity index (χ1n) is 3.24. The number of halogens is 2. The van der Waals surface area contributed by atoms with Crippen LogP contribution in [0.2, 0.25) is 0 Å². The van der Waals surface area contributed by atoms with E-state index < -0.39 is 0 Å². The lowest BCUT2D eigenvalue weighted by Gasteiger charge is -2.26. The topological polar surface area (TPSA) is 9.23 Å². The molecule has 0 aromatic heterocycles. The molecule has 0 aromatic rings. The highest BCUT2D eigenvalue weighted by Gasteiger charge is 2.18. The molecule has 0 aliphatic heterocycles. The van der Waals surface area contributed by atoms with Crippen LogP contribution < -0.4 is 12.4 Å². The molecule has 0 rings (SSSR count). The van der Waals surface area contributed by atoms with Gasteiger partial charge in [0.05, 0.1) is 5.38 Å². The lowest BCUT2D eigenvalue weighted by molar-refractivity contribution is -1.07. The predicted molar refractivity (Wildman–Crippen MR) is 43.6 cm³/mol. The van der Waals surface area contributed by atoms with Crippen molar-refractivity contribution in [3.63, 3.8) is 0 Å². The third-order valence-electron chi connectivity index (χ3n) is 1.05. The number of hydrogen-bond donors (Lipinski definition) is 0. The molecule has 0 amide bonds. The molecule has 0 aromatic carbocycles. The molecule has 4 heteroatoms. The predicted octanol–water partition coefficient (Wildman–Crippen LogP) is -1.23. The highest BCUT2D eigenvalue weighted by atomic mass is 35.5. The van der Waals surface area contributed by atoms with E-state index in [2.05, 4.69) is 6.58 Å². The van der Waals surface area contributed by atoms with Gasteiger partial charge in [0.2, 0.25) is 0 Å². The van der Waals surface area contributed by atoms with E-state index in [1.54, 1.807) is 0 Å². The van der Waals surface area contributed by atoms with Gasteiger partial charge < -0.3 is 17.2 Å². The van der Waals surface area contributed by atoms with Crippen LogP contribution in [0.15, 0.2) is 12.8 Å². The number of rotatable bonds is 4. The van der Waals surface area contributed by atoms with E-state index in [4.69, 9.17) is 16.4 Å². The van der Waals surface area contributed by atoms with Crippen LogP contribution in [0.4, 0.5) is 0 Å². The molecule has 0 saturated carbocycles. The molecule has 0 N–H and O–H groups in total. The average molecular weight is 200 g/mol. The van der Waals surface area contributed by atoms with E-state index in [1.165, 1.54) is 6.26 Å². The second-order valence-electron chi connectivity index (χ2n) is 2.81. The normalized spacial score (nSPS) is 13.1. The molecule has 0 bridgehead atoms. The molecule has 0 spiro atoms. The van der Waals surface area contributed by atoms with Crippen molar-refractivity contribution in [2.75, 3.05) is 20.6 Å². The van der Waals surface area contributed by atoms with Crippen molar-refractivity contribution >= 4 is 11.6 Å². The zero-order valence-corrected chi connectivity index (χ0v) is 8.69. The van der Waals surface area contributed by atoms with Crippen LogP contribution in [0, 0.1) is 0 Å². The first-order chi connectivity index (χ1) is 4.48. The Kier molecular flexibility index (Phi) is 7.07. The van der Waals surface area contributed by atoms with E-state index in [9.17, 15) is 0 Å². The van der Waals surface area contributed by atoms with Crippen molar-refractivity contribution in [2.45, 2.75) is 12.3 Å². The van der Waals surface area contributed by atoms with E-state index in [0.717, 1.165) is 6.54 Å². The molecule has 0 fully saturated rings. The van der Waals surface area contributed by atoms with Gasteiger partial charge in [-0.25, -0.2) is 0 Å². The minimum Gasteiger partial charge on any atom is -1.00 e. The Morgan fingerprint density at radius 2 is 2.09 bits per heavy atom. The van der Waals surface area contributed by atoms with Gasteiger partial charge in [-0.15, -0.1) is 16.2 Å². The minimum atomic E-state index is 0. The van der Waals surface area contributed by atoms with Crippen LogP contribution in [-0.2, 0) is 4.84 Å². The smallest absolute Gasteiger partial charge is 0.147 e. The largest absolute Gasteiger partial charge is 1.00 e. The second kappa shape index (κ2) is 5.70. The molecule has 1 atom stereocenters. The van der Waals surface area contributed by atoms with Gasteiger partial charge in [-0.1, -0.05) is 6.58 Å². The fourth-order valence-electron chi connectivity index (χ4n) is 0.851. The first-order valence-corrected chi connectivity index (χ1v) is 3.68. The summed E-state index contributed by atoms with van der Waals surface area (Å²) in [5.41, 5.74) is 0. The molecule has 0 saturated heterocycles. The summed E-state index contributed by atoms with van der Waals surface area (Å²) >= 11 is 5.77. The Balaban J connectivity index is 0. The summed E-state index contributed by atoms with van der Waals surface area (Å²) in [5, 5.41) is 0.120. The SMILES string of the molecule is C=CO[N+](C)(C)CC(C)Cl.[Cl-]. The summed E-state index contributed by atoms with van der Waals surface area (Å²) < 4.78 is 0.425. The van der Waals surface area contributed by atoms with Crippen LogP contribution in [0.5, 0.6) is 0 Å². The molecule has 1 unspecified atom stereocenters. The van der Waals surface area contributed by atoms with Crippen molar-refractivity contribution in [1.82, 2.24) is 0 Å².